The zero-order valence-electron chi connectivity index (χ0n) is 18.2. The molecule has 1 saturated heterocycles. The molecule has 0 saturated carbocycles. The van der Waals surface area contributed by atoms with Crippen LogP contribution in [0.1, 0.15) is 23.5 Å². The minimum atomic E-state index is -0.292. The molecule has 164 valence electrons. The van der Waals surface area contributed by atoms with Crippen LogP contribution in [0.25, 0.3) is 0 Å². The van der Waals surface area contributed by atoms with E-state index in [1.807, 2.05) is 71.6 Å². The van der Waals surface area contributed by atoms with Crippen molar-refractivity contribution < 1.29 is 14.3 Å². The standard InChI is InChI=1S/C27H28N2O3/c1-32-25-14-8-13-24(17-25)28-27(31)23-16-22(21-11-6-3-7-12-21)18-29(19-23)26(30)15-20-9-4-2-5-10-20/h2-14,17,22-23H,15-16,18-19H2,1H3,(H,28,31). The average Bonchev–Trinajstić information content (AvgIpc) is 2.85. The summed E-state index contributed by atoms with van der Waals surface area (Å²) in [6.07, 6.45) is 1.04. The van der Waals surface area contributed by atoms with Crippen LogP contribution in [0.2, 0.25) is 0 Å². The summed E-state index contributed by atoms with van der Waals surface area (Å²) in [7, 11) is 1.60. The maximum atomic E-state index is 13.2. The first kappa shape index (κ1) is 21.6. The van der Waals surface area contributed by atoms with E-state index in [-0.39, 0.29) is 23.7 Å². The molecule has 3 aromatic rings. The summed E-state index contributed by atoms with van der Waals surface area (Å²) in [4.78, 5) is 28.2. The molecule has 5 nitrogen and oxygen atoms in total. The molecule has 0 aliphatic carbocycles. The Balaban J connectivity index is 1.52. The highest BCUT2D eigenvalue weighted by Gasteiger charge is 2.34. The molecular formula is C27H28N2O3. The second-order valence-electron chi connectivity index (χ2n) is 8.22. The summed E-state index contributed by atoms with van der Waals surface area (Å²) >= 11 is 0. The number of nitrogens with one attached hydrogen (secondary N) is 1. The highest BCUT2D eigenvalue weighted by atomic mass is 16.5. The Morgan fingerprint density at radius 3 is 2.38 bits per heavy atom. The number of hydrogen-bond donors (Lipinski definition) is 1. The van der Waals surface area contributed by atoms with E-state index >= 15 is 0 Å². The lowest BCUT2D eigenvalue weighted by molar-refractivity contribution is -0.134. The van der Waals surface area contributed by atoms with Crippen LogP contribution in [0.3, 0.4) is 0 Å². The van der Waals surface area contributed by atoms with Crippen molar-refractivity contribution in [2.45, 2.75) is 18.8 Å². The molecule has 1 heterocycles. The number of hydrogen-bond acceptors (Lipinski definition) is 3. The van der Waals surface area contributed by atoms with Crippen LogP contribution >= 0.6 is 0 Å². The zero-order valence-corrected chi connectivity index (χ0v) is 18.2. The summed E-state index contributed by atoms with van der Waals surface area (Å²) in [6, 6.07) is 27.2. The Morgan fingerprint density at radius 2 is 1.66 bits per heavy atom. The van der Waals surface area contributed by atoms with E-state index in [0.717, 1.165) is 11.1 Å². The first-order chi connectivity index (χ1) is 15.6. The quantitative estimate of drug-likeness (QED) is 0.629. The van der Waals surface area contributed by atoms with Crippen LogP contribution in [0.5, 0.6) is 5.75 Å². The lowest BCUT2D eigenvalue weighted by Gasteiger charge is -2.37. The van der Waals surface area contributed by atoms with Crippen molar-refractivity contribution >= 4 is 17.5 Å². The highest BCUT2D eigenvalue weighted by Crippen LogP contribution is 2.31. The molecule has 5 heteroatoms. The van der Waals surface area contributed by atoms with Gasteiger partial charge in [0.2, 0.25) is 11.8 Å². The number of likely N-dealkylation sites (tertiary alicyclic amines) is 1. The minimum absolute atomic E-state index is 0.0519. The zero-order chi connectivity index (χ0) is 22.3. The van der Waals surface area contributed by atoms with Crippen molar-refractivity contribution in [2.24, 2.45) is 5.92 Å². The minimum Gasteiger partial charge on any atom is -0.497 e. The van der Waals surface area contributed by atoms with E-state index in [2.05, 4.69) is 17.4 Å². The molecule has 1 aliphatic rings. The van der Waals surface area contributed by atoms with Crippen molar-refractivity contribution in [3.8, 4) is 5.75 Å². The van der Waals surface area contributed by atoms with E-state index < -0.39 is 0 Å². The van der Waals surface area contributed by atoms with Gasteiger partial charge in [-0.2, -0.15) is 0 Å². The molecule has 0 aromatic heterocycles. The number of carbonyl (C=O) groups is 2. The van der Waals surface area contributed by atoms with E-state index in [1.54, 1.807) is 13.2 Å². The van der Waals surface area contributed by atoms with Gasteiger partial charge in [-0.1, -0.05) is 66.7 Å². The molecule has 0 spiro atoms. The Morgan fingerprint density at radius 1 is 0.938 bits per heavy atom. The Kier molecular flexibility index (Phi) is 6.85. The van der Waals surface area contributed by atoms with Gasteiger partial charge in [0.05, 0.1) is 19.4 Å². The average molecular weight is 429 g/mol. The van der Waals surface area contributed by atoms with Gasteiger partial charge in [-0.15, -0.1) is 0 Å². The number of benzene rings is 3. The normalized spacial score (nSPS) is 18.1. The summed E-state index contributed by atoms with van der Waals surface area (Å²) < 4.78 is 5.26. The van der Waals surface area contributed by atoms with E-state index in [1.165, 1.54) is 0 Å². The summed E-state index contributed by atoms with van der Waals surface area (Å²) in [5, 5.41) is 3.01. The summed E-state index contributed by atoms with van der Waals surface area (Å²) in [5.74, 6) is 0.492. The smallest absolute Gasteiger partial charge is 0.229 e. The molecule has 2 amide bonds. The monoisotopic (exact) mass is 428 g/mol. The first-order valence-electron chi connectivity index (χ1n) is 10.9. The molecule has 32 heavy (non-hydrogen) atoms. The van der Waals surface area contributed by atoms with Gasteiger partial charge >= 0.3 is 0 Å². The number of anilines is 1. The Hall–Kier alpha value is -3.60. The van der Waals surface area contributed by atoms with Crippen LogP contribution in [0.4, 0.5) is 5.69 Å². The lowest BCUT2D eigenvalue weighted by atomic mass is 9.83. The fourth-order valence-corrected chi connectivity index (χ4v) is 4.29. The highest BCUT2D eigenvalue weighted by molar-refractivity contribution is 5.93. The van der Waals surface area contributed by atoms with Crippen molar-refractivity contribution in [2.75, 3.05) is 25.5 Å². The van der Waals surface area contributed by atoms with E-state index in [9.17, 15) is 9.59 Å². The van der Waals surface area contributed by atoms with Crippen LogP contribution in [0, 0.1) is 5.92 Å². The molecule has 4 rings (SSSR count). The van der Waals surface area contributed by atoms with Gasteiger partial charge in [-0.3, -0.25) is 9.59 Å². The molecule has 0 bridgehead atoms. The molecular weight excluding hydrogens is 400 g/mol. The van der Waals surface area contributed by atoms with E-state index in [4.69, 9.17) is 4.74 Å². The third-order valence-electron chi connectivity index (χ3n) is 5.98. The molecule has 1 N–H and O–H groups in total. The summed E-state index contributed by atoms with van der Waals surface area (Å²) in [5.41, 5.74) is 2.83. The molecule has 1 aliphatic heterocycles. The number of piperidine rings is 1. The second-order valence-corrected chi connectivity index (χ2v) is 8.22. The third kappa shape index (κ3) is 5.35. The van der Waals surface area contributed by atoms with Gasteiger partial charge in [0.1, 0.15) is 5.75 Å². The lowest BCUT2D eigenvalue weighted by Crippen LogP contribution is -2.47. The van der Waals surface area contributed by atoms with Crippen LogP contribution in [0.15, 0.2) is 84.9 Å². The molecule has 0 radical (unpaired) electrons. The molecule has 2 unspecified atom stereocenters. The van der Waals surface area contributed by atoms with Crippen LogP contribution < -0.4 is 10.1 Å². The predicted molar refractivity (Wildman–Crippen MR) is 126 cm³/mol. The Bertz CT molecular complexity index is 1050. The number of rotatable bonds is 6. The molecule has 1 fully saturated rings. The van der Waals surface area contributed by atoms with Crippen molar-refractivity contribution in [1.82, 2.24) is 4.90 Å². The van der Waals surface area contributed by atoms with Gasteiger partial charge < -0.3 is 15.0 Å². The predicted octanol–water partition coefficient (Wildman–Crippen LogP) is 4.51. The van der Waals surface area contributed by atoms with Crippen LogP contribution in [-0.2, 0) is 16.0 Å². The second kappa shape index (κ2) is 10.1. The fourth-order valence-electron chi connectivity index (χ4n) is 4.29. The van der Waals surface area contributed by atoms with Crippen LogP contribution in [-0.4, -0.2) is 36.9 Å². The van der Waals surface area contributed by atoms with Gasteiger partial charge in [-0.25, -0.2) is 0 Å². The van der Waals surface area contributed by atoms with Crippen molar-refractivity contribution in [3.05, 3.63) is 96.1 Å². The number of amides is 2. The van der Waals surface area contributed by atoms with Crippen molar-refractivity contribution in [1.29, 1.82) is 0 Å². The SMILES string of the molecule is COc1cccc(NC(=O)C2CC(c3ccccc3)CN(C(=O)Cc3ccccc3)C2)c1. The maximum absolute atomic E-state index is 13.2. The Labute approximate surface area is 189 Å². The summed E-state index contributed by atoms with van der Waals surface area (Å²) in [6.45, 7) is 1.05. The maximum Gasteiger partial charge on any atom is 0.229 e. The largest absolute Gasteiger partial charge is 0.497 e. The first-order valence-corrected chi connectivity index (χ1v) is 10.9. The van der Waals surface area contributed by atoms with E-state index in [0.29, 0.717) is 37.4 Å². The number of ether oxygens (including phenoxy) is 1. The van der Waals surface area contributed by atoms with Gasteiger partial charge in [-0.05, 0) is 29.7 Å². The number of nitrogens with zero attached hydrogens (tertiary/aromatic N) is 1. The molecule has 2 atom stereocenters. The topological polar surface area (TPSA) is 58.6 Å². The fraction of sp³-hybridized carbons (Fsp3) is 0.259. The number of carbonyl (C=O) groups excluding carboxylic acids is 2. The third-order valence-corrected chi connectivity index (χ3v) is 5.98. The van der Waals surface area contributed by atoms with Gasteiger partial charge in [0.25, 0.3) is 0 Å². The molecule has 3 aromatic carbocycles. The van der Waals surface area contributed by atoms with Crippen molar-refractivity contribution in [3.63, 3.8) is 0 Å². The van der Waals surface area contributed by atoms with Gasteiger partial charge in [0, 0.05) is 30.8 Å². The number of methoxy groups -OCH3 is 1. The van der Waals surface area contributed by atoms with Gasteiger partial charge in [0.15, 0.2) is 0 Å².